The predicted molar refractivity (Wildman–Crippen MR) is 35.2 cm³/mol. The number of rotatable bonds is 1. The van der Waals surface area contributed by atoms with E-state index in [0.717, 1.165) is 17.8 Å². The van der Waals surface area contributed by atoms with Crippen LogP contribution in [0.4, 0.5) is 0 Å². The SMILES string of the molecule is CS(=O)(=O)c1ccsn1. The van der Waals surface area contributed by atoms with Gasteiger partial charge in [-0.15, -0.1) is 0 Å². The Hall–Kier alpha value is -0.420. The Bertz CT molecular complexity index is 274. The Labute approximate surface area is 57.4 Å². The summed E-state index contributed by atoms with van der Waals surface area (Å²) in [5.41, 5.74) is 0. The van der Waals surface area contributed by atoms with Crippen LogP contribution in [0.2, 0.25) is 0 Å². The Morgan fingerprint density at radius 1 is 1.67 bits per heavy atom. The largest absolute Gasteiger partial charge is 0.222 e. The molecule has 1 aromatic heterocycles. The van der Waals surface area contributed by atoms with Crippen molar-refractivity contribution in [2.24, 2.45) is 0 Å². The fraction of sp³-hybridized carbons (Fsp3) is 0.250. The molecule has 0 radical (unpaired) electrons. The molecule has 0 atom stereocenters. The van der Waals surface area contributed by atoms with Gasteiger partial charge < -0.3 is 0 Å². The molecule has 0 aliphatic carbocycles. The average Bonchev–Trinajstić information content (AvgIpc) is 2.08. The zero-order valence-corrected chi connectivity index (χ0v) is 6.37. The van der Waals surface area contributed by atoms with E-state index in [2.05, 4.69) is 4.37 Å². The van der Waals surface area contributed by atoms with E-state index in [4.69, 9.17) is 0 Å². The highest BCUT2D eigenvalue weighted by atomic mass is 32.2. The molecule has 0 saturated heterocycles. The molecule has 1 heterocycles. The third kappa shape index (κ3) is 1.49. The smallest absolute Gasteiger partial charge is 0.193 e. The van der Waals surface area contributed by atoms with Crippen LogP contribution < -0.4 is 0 Å². The molecule has 1 aromatic rings. The summed E-state index contributed by atoms with van der Waals surface area (Å²) in [6.45, 7) is 0. The molecule has 0 aliphatic heterocycles. The molecule has 0 spiro atoms. The summed E-state index contributed by atoms with van der Waals surface area (Å²) in [5.74, 6) is 0. The topological polar surface area (TPSA) is 47.0 Å². The van der Waals surface area contributed by atoms with Crippen molar-refractivity contribution >= 4 is 21.4 Å². The second-order valence-electron chi connectivity index (χ2n) is 1.61. The maximum absolute atomic E-state index is 10.6. The van der Waals surface area contributed by atoms with Gasteiger partial charge in [0.1, 0.15) is 0 Å². The van der Waals surface area contributed by atoms with Crippen LogP contribution in [0, 0.1) is 0 Å². The third-order valence-electron chi connectivity index (χ3n) is 0.794. The van der Waals surface area contributed by atoms with E-state index >= 15 is 0 Å². The zero-order chi connectivity index (χ0) is 6.91. The van der Waals surface area contributed by atoms with E-state index < -0.39 is 9.84 Å². The van der Waals surface area contributed by atoms with E-state index in [1.807, 2.05) is 0 Å². The first-order valence-corrected chi connectivity index (χ1v) is 4.94. The number of hydrogen-bond acceptors (Lipinski definition) is 4. The first-order chi connectivity index (χ1) is 4.11. The second kappa shape index (κ2) is 2.07. The van der Waals surface area contributed by atoms with Crippen molar-refractivity contribution < 1.29 is 8.42 Å². The lowest BCUT2D eigenvalue weighted by molar-refractivity contribution is 0.599. The van der Waals surface area contributed by atoms with Gasteiger partial charge in [0.25, 0.3) is 0 Å². The Balaban J connectivity index is 3.20. The van der Waals surface area contributed by atoms with Gasteiger partial charge in [0.15, 0.2) is 14.9 Å². The maximum atomic E-state index is 10.6. The summed E-state index contributed by atoms with van der Waals surface area (Å²) >= 11 is 1.14. The van der Waals surface area contributed by atoms with Crippen LogP contribution in [0.15, 0.2) is 16.5 Å². The molecular weight excluding hydrogens is 158 g/mol. The van der Waals surface area contributed by atoms with Crippen molar-refractivity contribution in [2.45, 2.75) is 5.03 Å². The van der Waals surface area contributed by atoms with Crippen molar-refractivity contribution in [2.75, 3.05) is 6.26 Å². The Morgan fingerprint density at radius 3 is 2.56 bits per heavy atom. The number of aromatic nitrogens is 1. The quantitative estimate of drug-likeness (QED) is 0.607. The minimum Gasteiger partial charge on any atom is -0.222 e. The van der Waals surface area contributed by atoms with Crippen molar-refractivity contribution in [1.29, 1.82) is 0 Å². The molecule has 0 saturated carbocycles. The number of sulfone groups is 1. The van der Waals surface area contributed by atoms with E-state index in [-0.39, 0.29) is 5.03 Å². The molecule has 0 amide bonds. The van der Waals surface area contributed by atoms with Gasteiger partial charge in [-0.05, 0) is 17.6 Å². The summed E-state index contributed by atoms with van der Waals surface area (Å²) in [5, 5.41) is 1.80. The summed E-state index contributed by atoms with van der Waals surface area (Å²) in [6, 6.07) is 1.49. The van der Waals surface area contributed by atoms with Crippen molar-refractivity contribution in [3.05, 3.63) is 11.4 Å². The molecular formula is C4H5NO2S2. The second-order valence-corrected chi connectivity index (χ2v) is 4.24. The number of hydrogen-bond donors (Lipinski definition) is 0. The fourth-order valence-electron chi connectivity index (χ4n) is 0.393. The fourth-order valence-corrected chi connectivity index (χ4v) is 1.88. The molecule has 1 rings (SSSR count). The van der Waals surface area contributed by atoms with E-state index in [0.29, 0.717) is 0 Å². The summed E-state index contributed by atoms with van der Waals surface area (Å²) < 4.78 is 24.9. The number of nitrogens with zero attached hydrogens (tertiary/aromatic N) is 1. The van der Waals surface area contributed by atoms with Crippen LogP contribution in [-0.2, 0) is 9.84 Å². The molecule has 3 nitrogen and oxygen atoms in total. The molecule has 0 aromatic carbocycles. The van der Waals surface area contributed by atoms with Crippen LogP contribution >= 0.6 is 11.5 Å². The highest BCUT2D eigenvalue weighted by Gasteiger charge is 2.06. The maximum Gasteiger partial charge on any atom is 0.193 e. The first kappa shape index (κ1) is 6.70. The Kier molecular flexibility index (Phi) is 1.54. The predicted octanol–water partition coefficient (Wildman–Crippen LogP) is 0.547. The van der Waals surface area contributed by atoms with Gasteiger partial charge >= 0.3 is 0 Å². The van der Waals surface area contributed by atoms with Crippen LogP contribution in [0.25, 0.3) is 0 Å². The zero-order valence-electron chi connectivity index (χ0n) is 4.73. The standard InChI is InChI=1S/C4H5NO2S2/c1-9(6,7)4-2-3-8-5-4/h2-3H,1H3. The molecule has 50 valence electrons. The molecule has 5 heteroatoms. The summed E-state index contributed by atoms with van der Waals surface area (Å²) in [7, 11) is -3.06. The van der Waals surface area contributed by atoms with Crippen molar-refractivity contribution in [1.82, 2.24) is 4.37 Å². The first-order valence-electron chi connectivity index (χ1n) is 2.21. The lowest BCUT2D eigenvalue weighted by atomic mass is 10.8. The van der Waals surface area contributed by atoms with Crippen LogP contribution in [-0.4, -0.2) is 19.0 Å². The summed E-state index contributed by atoms with van der Waals surface area (Å²) in [4.78, 5) is 0. The van der Waals surface area contributed by atoms with Crippen LogP contribution in [0.3, 0.4) is 0 Å². The minimum absolute atomic E-state index is 0.160. The minimum atomic E-state index is -3.06. The third-order valence-corrected chi connectivity index (χ3v) is 2.46. The van der Waals surface area contributed by atoms with Gasteiger partial charge in [-0.1, -0.05) is 0 Å². The van der Waals surface area contributed by atoms with Crippen LogP contribution in [0.1, 0.15) is 0 Å². The van der Waals surface area contributed by atoms with E-state index in [1.165, 1.54) is 6.07 Å². The lowest BCUT2D eigenvalue weighted by Crippen LogP contribution is -1.95. The van der Waals surface area contributed by atoms with E-state index in [1.54, 1.807) is 5.38 Å². The van der Waals surface area contributed by atoms with Crippen LogP contribution in [0.5, 0.6) is 0 Å². The molecule has 9 heavy (non-hydrogen) atoms. The molecule has 0 unspecified atom stereocenters. The molecule has 0 aliphatic rings. The van der Waals surface area contributed by atoms with Gasteiger partial charge in [-0.25, -0.2) is 8.42 Å². The van der Waals surface area contributed by atoms with Crippen molar-refractivity contribution in [3.63, 3.8) is 0 Å². The summed E-state index contributed by atoms with van der Waals surface area (Å²) in [6.07, 6.45) is 1.14. The molecule has 0 bridgehead atoms. The van der Waals surface area contributed by atoms with Gasteiger partial charge in [-0.3, -0.25) is 0 Å². The highest BCUT2D eigenvalue weighted by molar-refractivity contribution is 7.90. The monoisotopic (exact) mass is 163 g/mol. The molecule has 0 fully saturated rings. The van der Waals surface area contributed by atoms with E-state index in [9.17, 15) is 8.42 Å². The highest BCUT2D eigenvalue weighted by Crippen LogP contribution is 2.05. The van der Waals surface area contributed by atoms with Gasteiger partial charge in [-0.2, -0.15) is 4.37 Å². The van der Waals surface area contributed by atoms with Gasteiger partial charge in [0.2, 0.25) is 0 Å². The van der Waals surface area contributed by atoms with Crippen molar-refractivity contribution in [3.8, 4) is 0 Å². The normalized spacial score (nSPS) is 11.7. The lowest BCUT2D eigenvalue weighted by Gasteiger charge is -1.84. The molecule has 0 N–H and O–H groups in total. The van der Waals surface area contributed by atoms with Gasteiger partial charge in [0.05, 0.1) is 0 Å². The van der Waals surface area contributed by atoms with Gasteiger partial charge in [0, 0.05) is 11.6 Å². The average molecular weight is 163 g/mol. The Morgan fingerprint density at radius 2 is 2.33 bits per heavy atom.